The fraction of sp³-hybridized carbons (Fsp3) is 0.278. The molecule has 2 aromatic heterocycles. The third-order valence-electron chi connectivity index (χ3n) is 4.31. The van der Waals surface area contributed by atoms with Crippen LogP contribution in [0.4, 0.5) is 5.69 Å². The zero-order valence-corrected chi connectivity index (χ0v) is 13.9. The van der Waals surface area contributed by atoms with Gasteiger partial charge in [0, 0.05) is 10.6 Å². The van der Waals surface area contributed by atoms with E-state index >= 15 is 0 Å². The number of hydrogen-bond acceptors (Lipinski definition) is 4. The molecule has 0 radical (unpaired) electrons. The molecule has 5 nitrogen and oxygen atoms in total. The van der Waals surface area contributed by atoms with Crippen LogP contribution < -0.4 is 10.9 Å². The molecule has 1 amide bonds. The maximum atomic E-state index is 12.8. The zero-order chi connectivity index (χ0) is 16.5. The molecular weight excluding hydrogens is 322 g/mol. The highest BCUT2D eigenvalue weighted by atomic mass is 32.1. The molecule has 1 N–H and O–H groups in total. The van der Waals surface area contributed by atoms with Crippen molar-refractivity contribution in [2.45, 2.75) is 32.2 Å². The van der Waals surface area contributed by atoms with Crippen LogP contribution in [0.1, 0.15) is 23.3 Å². The van der Waals surface area contributed by atoms with Gasteiger partial charge >= 0.3 is 0 Å². The number of hydrogen-bond donors (Lipinski definition) is 1. The SMILES string of the molecule is O=C(Cn1cnc2sc3c(c2c1=O)CCCC3)Nc1ccccc1. The predicted molar refractivity (Wildman–Crippen MR) is 95.6 cm³/mol. The number of rotatable bonds is 3. The van der Waals surface area contributed by atoms with Crippen molar-refractivity contribution in [1.29, 1.82) is 0 Å². The van der Waals surface area contributed by atoms with E-state index in [4.69, 9.17) is 0 Å². The van der Waals surface area contributed by atoms with Crippen LogP contribution >= 0.6 is 11.3 Å². The summed E-state index contributed by atoms with van der Waals surface area (Å²) in [5.41, 5.74) is 1.76. The number of aromatic nitrogens is 2. The lowest BCUT2D eigenvalue weighted by molar-refractivity contribution is -0.116. The van der Waals surface area contributed by atoms with Gasteiger partial charge < -0.3 is 5.32 Å². The summed E-state index contributed by atoms with van der Waals surface area (Å²) in [5.74, 6) is -0.228. The van der Waals surface area contributed by atoms with Gasteiger partial charge in [-0.15, -0.1) is 11.3 Å². The van der Waals surface area contributed by atoms with Gasteiger partial charge in [-0.05, 0) is 43.4 Å². The first kappa shape index (κ1) is 15.1. The molecule has 3 aromatic rings. The van der Waals surface area contributed by atoms with Crippen molar-refractivity contribution in [3.63, 3.8) is 0 Å². The molecule has 0 bridgehead atoms. The molecule has 6 heteroatoms. The molecule has 0 aliphatic heterocycles. The fourth-order valence-electron chi connectivity index (χ4n) is 3.17. The first-order valence-electron chi connectivity index (χ1n) is 8.07. The van der Waals surface area contributed by atoms with E-state index in [1.54, 1.807) is 11.3 Å². The molecule has 0 fully saturated rings. The number of para-hydroxylation sites is 1. The molecule has 0 saturated heterocycles. The number of nitrogens with one attached hydrogen (secondary N) is 1. The van der Waals surface area contributed by atoms with Crippen molar-refractivity contribution in [3.8, 4) is 0 Å². The minimum atomic E-state index is -0.228. The lowest BCUT2D eigenvalue weighted by atomic mass is 9.97. The summed E-state index contributed by atoms with van der Waals surface area (Å²) in [6.45, 7) is -0.0265. The maximum Gasteiger partial charge on any atom is 0.262 e. The van der Waals surface area contributed by atoms with E-state index in [2.05, 4.69) is 10.3 Å². The monoisotopic (exact) mass is 339 g/mol. The Hall–Kier alpha value is -2.47. The highest BCUT2D eigenvalue weighted by Gasteiger charge is 2.20. The van der Waals surface area contributed by atoms with Gasteiger partial charge in [0.1, 0.15) is 11.4 Å². The number of benzene rings is 1. The van der Waals surface area contributed by atoms with Crippen LogP contribution in [-0.4, -0.2) is 15.5 Å². The van der Waals surface area contributed by atoms with Gasteiger partial charge in [-0.1, -0.05) is 18.2 Å². The molecule has 0 atom stereocenters. The van der Waals surface area contributed by atoms with Crippen LogP contribution in [0.15, 0.2) is 41.5 Å². The van der Waals surface area contributed by atoms with Gasteiger partial charge in [0.2, 0.25) is 5.91 Å². The molecule has 4 rings (SSSR count). The number of aryl methyl sites for hydroxylation is 2. The van der Waals surface area contributed by atoms with E-state index in [0.717, 1.165) is 35.3 Å². The van der Waals surface area contributed by atoms with Gasteiger partial charge in [0.15, 0.2) is 0 Å². The highest BCUT2D eigenvalue weighted by molar-refractivity contribution is 7.18. The Kier molecular flexibility index (Phi) is 3.90. The molecule has 1 aromatic carbocycles. The number of anilines is 1. The molecule has 1 aliphatic carbocycles. The summed E-state index contributed by atoms with van der Waals surface area (Å²) < 4.78 is 1.40. The number of carbonyl (C=O) groups excluding carboxylic acids is 1. The smallest absolute Gasteiger partial charge is 0.262 e. The quantitative estimate of drug-likeness (QED) is 0.798. The van der Waals surface area contributed by atoms with Crippen molar-refractivity contribution in [3.05, 3.63) is 57.5 Å². The van der Waals surface area contributed by atoms with Gasteiger partial charge in [-0.3, -0.25) is 14.2 Å². The Bertz CT molecular complexity index is 960. The van der Waals surface area contributed by atoms with Gasteiger partial charge in [0.05, 0.1) is 11.7 Å². The van der Waals surface area contributed by atoms with E-state index in [9.17, 15) is 9.59 Å². The van der Waals surface area contributed by atoms with Crippen molar-refractivity contribution < 1.29 is 4.79 Å². The van der Waals surface area contributed by atoms with Crippen LogP contribution in [0, 0.1) is 0 Å². The van der Waals surface area contributed by atoms with Gasteiger partial charge in [-0.2, -0.15) is 0 Å². The minimum absolute atomic E-state index is 0.0265. The molecule has 0 spiro atoms. The van der Waals surface area contributed by atoms with Crippen molar-refractivity contribution in [2.75, 3.05) is 5.32 Å². The lowest BCUT2D eigenvalue weighted by Gasteiger charge is -2.10. The summed E-state index contributed by atoms with van der Waals surface area (Å²) >= 11 is 1.62. The number of nitrogens with zero attached hydrogens (tertiary/aromatic N) is 2. The number of amides is 1. The summed E-state index contributed by atoms with van der Waals surface area (Å²) in [7, 11) is 0. The Labute approximate surface area is 143 Å². The summed E-state index contributed by atoms with van der Waals surface area (Å²) in [4.78, 5) is 31.5. The van der Waals surface area contributed by atoms with Gasteiger partial charge in [-0.25, -0.2) is 4.98 Å². The second-order valence-electron chi connectivity index (χ2n) is 5.98. The molecule has 1 aliphatic rings. The second kappa shape index (κ2) is 6.20. The maximum absolute atomic E-state index is 12.8. The van der Waals surface area contributed by atoms with Crippen LogP contribution in [0.3, 0.4) is 0 Å². The summed E-state index contributed by atoms with van der Waals surface area (Å²) in [6, 6.07) is 9.23. The first-order valence-corrected chi connectivity index (χ1v) is 8.88. The normalized spacial score (nSPS) is 13.7. The third kappa shape index (κ3) is 2.73. The first-order chi connectivity index (χ1) is 11.7. The minimum Gasteiger partial charge on any atom is -0.325 e. The number of carbonyl (C=O) groups is 1. The van der Waals surface area contributed by atoms with Crippen LogP contribution in [0.2, 0.25) is 0 Å². The lowest BCUT2D eigenvalue weighted by Crippen LogP contribution is -2.28. The molecular formula is C18H17N3O2S. The molecule has 0 saturated carbocycles. The Morgan fingerprint density at radius 1 is 1.21 bits per heavy atom. The largest absolute Gasteiger partial charge is 0.325 e. The molecule has 0 unspecified atom stereocenters. The highest BCUT2D eigenvalue weighted by Crippen LogP contribution is 2.33. The van der Waals surface area contributed by atoms with Crippen LogP contribution in [0.25, 0.3) is 10.2 Å². The Morgan fingerprint density at radius 3 is 2.83 bits per heavy atom. The average Bonchev–Trinajstić information content (AvgIpc) is 2.97. The van der Waals surface area contributed by atoms with Gasteiger partial charge in [0.25, 0.3) is 5.56 Å². The topological polar surface area (TPSA) is 64.0 Å². The van der Waals surface area contributed by atoms with Crippen molar-refractivity contribution in [1.82, 2.24) is 9.55 Å². The summed E-state index contributed by atoms with van der Waals surface area (Å²) in [6.07, 6.45) is 5.74. The molecule has 2 heterocycles. The van der Waals surface area contributed by atoms with E-state index in [1.165, 1.54) is 22.2 Å². The van der Waals surface area contributed by atoms with E-state index < -0.39 is 0 Å². The van der Waals surface area contributed by atoms with E-state index in [0.29, 0.717) is 5.39 Å². The van der Waals surface area contributed by atoms with Crippen molar-refractivity contribution in [2.24, 2.45) is 0 Å². The predicted octanol–water partition coefficient (Wildman–Crippen LogP) is 2.98. The Balaban J connectivity index is 1.64. The number of thiophene rings is 1. The molecule has 24 heavy (non-hydrogen) atoms. The standard InChI is InChI=1S/C18H17N3O2S/c22-15(20-12-6-2-1-3-7-12)10-21-11-19-17-16(18(21)23)13-8-4-5-9-14(13)24-17/h1-3,6-7,11H,4-5,8-10H2,(H,20,22). The third-order valence-corrected chi connectivity index (χ3v) is 5.51. The average molecular weight is 339 g/mol. The van der Waals surface area contributed by atoms with E-state index in [1.807, 2.05) is 30.3 Å². The van der Waals surface area contributed by atoms with Crippen LogP contribution in [0.5, 0.6) is 0 Å². The number of fused-ring (bicyclic) bond motifs is 3. The fourth-order valence-corrected chi connectivity index (χ4v) is 4.39. The zero-order valence-electron chi connectivity index (χ0n) is 13.1. The Morgan fingerprint density at radius 2 is 2.00 bits per heavy atom. The van der Waals surface area contributed by atoms with Crippen molar-refractivity contribution >= 4 is 33.1 Å². The summed E-state index contributed by atoms with van der Waals surface area (Å²) in [5, 5.41) is 3.51. The second-order valence-corrected chi connectivity index (χ2v) is 7.07. The van der Waals surface area contributed by atoms with Crippen LogP contribution in [-0.2, 0) is 24.2 Å². The molecule has 122 valence electrons. The van der Waals surface area contributed by atoms with E-state index in [-0.39, 0.29) is 18.0 Å².